The highest BCUT2D eigenvalue weighted by Crippen LogP contribution is 2.28. The fourth-order valence-corrected chi connectivity index (χ4v) is 2.24. The molecule has 3 N–H and O–H groups in total. The number of benzene rings is 1. The second-order valence-corrected chi connectivity index (χ2v) is 4.60. The molecule has 7 nitrogen and oxygen atoms in total. The molecule has 21 heavy (non-hydrogen) atoms. The van der Waals surface area contributed by atoms with Crippen molar-refractivity contribution in [1.29, 1.82) is 0 Å². The summed E-state index contributed by atoms with van der Waals surface area (Å²) in [6, 6.07) is 13.4. The molecule has 0 fully saturated rings. The first-order valence-electron chi connectivity index (χ1n) is 6.47. The van der Waals surface area contributed by atoms with Gasteiger partial charge in [0.2, 0.25) is 12.1 Å². The van der Waals surface area contributed by atoms with Crippen molar-refractivity contribution >= 4 is 11.9 Å². The molecule has 0 bridgehead atoms. The van der Waals surface area contributed by atoms with Crippen LogP contribution in [0.15, 0.2) is 58.1 Å². The van der Waals surface area contributed by atoms with Crippen LogP contribution in [0.5, 0.6) is 0 Å². The molecular weight excluding hydrogens is 268 g/mol. The van der Waals surface area contributed by atoms with E-state index in [-0.39, 0.29) is 5.96 Å². The largest absolute Gasteiger partial charge is 0.465 e. The number of aliphatic imine (C=N–C) groups is 1. The number of guanidine groups is 1. The summed E-state index contributed by atoms with van der Waals surface area (Å²) in [5, 5.41) is 7.43. The van der Waals surface area contributed by atoms with Gasteiger partial charge in [0.1, 0.15) is 0 Å². The number of furan rings is 1. The number of nitrogens with one attached hydrogen (secondary N) is 1. The van der Waals surface area contributed by atoms with Gasteiger partial charge in [0.15, 0.2) is 17.5 Å². The third-order valence-electron chi connectivity index (χ3n) is 3.19. The molecule has 0 saturated carbocycles. The summed E-state index contributed by atoms with van der Waals surface area (Å²) in [7, 11) is 0. The van der Waals surface area contributed by atoms with Crippen LogP contribution in [-0.4, -0.2) is 20.7 Å². The van der Waals surface area contributed by atoms with Crippen LogP contribution in [0.1, 0.15) is 11.9 Å². The Morgan fingerprint density at radius 1 is 1.14 bits per heavy atom. The summed E-state index contributed by atoms with van der Waals surface area (Å²) >= 11 is 0. The number of aromatic nitrogens is 3. The van der Waals surface area contributed by atoms with Crippen molar-refractivity contribution in [1.82, 2.24) is 14.8 Å². The molecule has 3 aromatic rings. The molecule has 7 heteroatoms. The Balaban J connectivity index is 1.81. The topological polar surface area (TPSA) is 94.3 Å². The van der Waals surface area contributed by atoms with E-state index in [0.717, 1.165) is 5.56 Å². The summed E-state index contributed by atoms with van der Waals surface area (Å²) in [6.45, 7) is 0. The van der Waals surface area contributed by atoms with E-state index in [0.29, 0.717) is 17.5 Å². The molecule has 0 amide bonds. The van der Waals surface area contributed by atoms with Gasteiger partial charge < -0.3 is 10.2 Å². The zero-order chi connectivity index (χ0) is 14.2. The lowest BCUT2D eigenvalue weighted by Gasteiger charge is -2.18. The van der Waals surface area contributed by atoms with E-state index < -0.39 is 6.17 Å². The molecular formula is C14H12N6O. The van der Waals surface area contributed by atoms with Gasteiger partial charge in [0.25, 0.3) is 0 Å². The molecule has 104 valence electrons. The van der Waals surface area contributed by atoms with Gasteiger partial charge in [0, 0.05) is 5.56 Å². The van der Waals surface area contributed by atoms with E-state index in [1.165, 1.54) is 0 Å². The smallest absolute Gasteiger partial charge is 0.231 e. The van der Waals surface area contributed by atoms with Crippen molar-refractivity contribution in [2.75, 3.05) is 5.32 Å². The van der Waals surface area contributed by atoms with Crippen LogP contribution in [0.3, 0.4) is 0 Å². The lowest BCUT2D eigenvalue weighted by Crippen LogP contribution is -2.31. The Morgan fingerprint density at radius 3 is 2.76 bits per heavy atom. The van der Waals surface area contributed by atoms with Crippen LogP contribution in [0.25, 0.3) is 11.4 Å². The lowest BCUT2D eigenvalue weighted by atomic mass is 10.2. The van der Waals surface area contributed by atoms with Crippen molar-refractivity contribution < 1.29 is 4.42 Å². The minimum Gasteiger partial charge on any atom is -0.465 e. The molecule has 1 aromatic carbocycles. The Labute approximate surface area is 120 Å². The average Bonchev–Trinajstić information content (AvgIpc) is 3.16. The first-order chi connectivity index (χ1) is 10.3. The van der Waals surface area contributed by atoms with Crippen molar-refractivity contribution in [3.8, 4) is 11.4 Å². The minimum atomic E-state index is -0.443. The Morgan fingerprint density at radius 2 is 2.00 bits per heavy atom. The highest BCUT2D eigenvalue weighted by molar-refractivity contribution is 5.92. The molecule has 0 aliphatic carbocycles. The molecule has 1 aliphatic heterocycles. The normalized spacial score (nSPS) is 17.0. The van der Waals surface area contributed by atoms with E-state index in [1.54, 1.807) is 17.0 Å². The first kappa shape index (κ1) is 11.7. The van der Waals surface area contributed by atoms with Gasteiger partial charge in [-0.2, -0.15) is 9.67 Å². The summed E-state index contributed by atoms with van der Waals surface area (Å²) in [5.41, 5.74) is 6.74. The van der Waals surface area contributed by atoms with Gasteiger partial charge in [0.05, 0.1) is 6.26 Å². The van der Waals surface area contributed by atoms with Gasteiger partial charge in [-0.3, -0.25) is 5.32 Å². The average molecular weight is 280 g/mol. The number of hydrogen-bond acceptors (Lipinski definition) is 6. The highest BCUT2D eigenvalue weighted by atomic mass is 16.3. The third kappa shape index (κ3) is 1.95. The number of nitrogens with two attached hydrogens (primary N) is 1. The number of anilines is 1. The fraction of sp³-hybridized carbons (Fsp3) is 0.0714. The van der Waals surface area contributed by atoms with Gasteiger partial charge in [-0.1, -0.05) is 30.3 Å². The molecule has 0 saturated heterocycles. The van der Waals surface area contributed by atoms with E-state index in [2.05, 4.69) is 20.4 Å². The van der Waals surface area contributed by atoms with Crippen LogP contribution < -0.4 is 11.1 Å². The quantitative estimate of drug-likeness (QED) is 0.746. The summed E-state index contributed by atoms with van der Waals surface area (Å²) in [4.78, 5) is 8.79. The maximum Gasteiger partial charge on any atom is 0.231 e. The second-order valence-electron chi connectivity index (χ2n) is 4.60. The van der Waals surface area contributed by atoms with Gasteiger partial charge in [-0.15, -0.1) is 5.10 Å². The third-order valence-corrected chi connectivity index (χ3v) is 3.19. The molecule has 3 heterocycles. The number of rotatable bonds is 2. The molecule has 1 atom stereocenters. The van der Waals surface area contributed by atoms with E-state index in [1.807, 2.05) is 36.4 Å². The van der Waals surface area contributed by atoms with Crippen LogP contribution in [0.4, 0.5) is 5.95 Å². The van der Waals surface area contributed by atoms with Crippen molar-refractivity contribution in [3.05, 3.63) is 54.5 Å². The monoisotopic (exact) mass is 280 g/mol. The Bertz CT molecular complexity index is 790. The summed E-state index contributed by atoms with van der Waals surface area (Å²) < 4.78 is 7.08. The predicted molar refractivity (Wildman–Crippen MR) is 77.6 cm³/mol. The maximum absolute atomic E-state index is 5.81. The summed E-state index contributed by atoms with van der Waals surface area (Å²) in [6.07, 6.45) is 1.15. The lowest BCUT2D eigenvalue weighted by molar-refractivity contribution is 0.414. The standard InChI is InChI=1S/C14H12N6O/c15-13-17-12(10-7-4-8-21-10)20-14(18-13)16-11(19-20)9-5-2-1-3-6-9/h1-8,12H,(H3,15,16,17,18,19). The van der Waals surface area contributed by atoms with Crippen LogP contribution in [0, 0.1) is 0 Å². The number of nitrogens with zero attached hydrogens (tertiary/aromatic N) is 4. The fourth-order valence-electron chi connectivity index (χ4n) is 2.24. The Hall–Kier alpha value is -3.09. The van der Waals surface area contributed by atoms with Crippen molar-refractivity contribution in [3.63, 3.8) is 0 Å². The molecule has 1 aliphatic rings. The van der Waals surface area contributed by atoms with Crippen LogP contribution in [-0.2, 0) is 0 Å². The SMILES string of the molecule is NC1=NC(c2ccco2)n2nc(-c3ccccc3)nc2N1. The zero-order valence-corrected chi connectivity index (χ0v) is 11.0. The number of fused-ring (bicyclic) bond motifs is 1. The number of hydrogen-bond donors (Lipinski definition) is 2. The molecule has 2 aromatic heterocycles. The molecule has 0 spiro atoms. The summed E-state index contributed by atoms with van der Waals surface area (Å²) in [5.74, 6) is 2.10. The van der Waals surface area contributed by atoms with E-state index in [9.17, 15) is 0 Å². The van der Waals surface area contributed by atoms with Crippen LogP contribution in [0.2, 0.25) is 0 Å². The van der Waals surface area contributed by atoms with Gasteiger partial charge in [-0.05, 0) is 12.1 Å². The van der Waals surface area contributed by atoms with E-state index in [4.69, 9.17) is 10.2 Å². The zero-order valence-electron chi connectivity index (χ0n) is 11.0. The van der Waals surface area contributed by atoms with Gasteiger partial charge in [-0.25, -0.2) is 4.99 Å². The highest BCUT2D eigenvalue weighted by Gasteiger charge is 2.26. The molecule has 4 rings (SSSR count). The first-order valence-corrected chi connectivity index (χ1v) is 6.47. The maximum atomic E-state index is 5.81. The van der Waals surface area contributed by atoms with Crippen molar-refractivity contribution in [2.24, 2.45) is 10.7 Å². The predicted octanol–water partition coefficient (Wildman–Crippen LogP) is 1.83. The van der Waals surface area contributed by atoms with Crippen molar-refractivity contribution in [2.45, 2.75) is 6.17 Å². The second kappa shape index (κ2) is 4.48. The van der Waals surface area contributed by atoms with Crippen LogP contribution >= 0.6 is 0 Å². The van der Waals surface area contributed by atoms with E-state index >= 15 is 0 Å². The minimum absolute atomic E-state index is 0.288. The van der Waals surface area contributed by atoms with Gasteiger partial charge >= 0.3 is 0 Å². The molecule has 1 unspecified atom stereocenters. The Kier molecular flexibility index (Phi) is 2.50. The molecule has 0 radical (unpaired) electrons.